The molecule has 5 heteroatoms. The third kappa shape index (κ3) is 6.53. The summed E-state index contributed by atoms with van der Waals surface area (Å²) in [4.78, 5) is 0.689. The van der Waals surface area contributed by atoms with Crippen molar-refractivity contribution in [3.63, 3.8) is 0 Å². The van der Waals surface area contributed by atoms with Gasteiger partial charge in [-0.25, -0.2) is 0 Å². The van der Waals surface area contributed by atoms with E-state index in [0.717, 1.165) is 11.1 Å². The van der Waals surface area contributed by atoms with Crippen molar-refractivity contribution in [1.29, 1.82) is 0 Å². The van der Waals surface area contributed by atoms with Crippen LogP contribution in [0.5, 0.6) is 0 Å². The van der Waals surface area contributed by atoms with Crippen LogP contribution in [0.15, 0.2) is 59.5 Å². The summed E-state index contributed by atoms with van der Waals surface area (Å²) in [5, 5.41) is 19.9. The zero-order chi connectivity index (χ0) is 17.4. The average molecular weight is 348 g/mol. The molecule has 4 nitrogen and oxygen atoms in total. The highest BCUT2D eigenvalue weighted by molar-refractivity contribution is 7.85. The largest absolute Gasteiger partial charge is 0.392 e. The van der Waals surface area contributed by atoms with Gasteiger partial charge >= 0.3 is 0 Å². The van der Waals surface area contributed by atoms with Gasteiger partial charge in [-0.05, 0) is 24.6 Å². The summed E-state index contributed by atoms with van der Waals surface area (Å²) in [5.74, 6) is 0.110. The molecule has 0 aromatic heterocycles. The van der Waals surface area contributed by atoms with Crippen molar-refractivity contribution in [3.8, 4) is 0 Å². The highest BCUT2D eigenvalue weighted by Gasteiger charge is 2.16. The highest BCUT2D eigenvalue weighted by atomic mass is 32.2. The van der Waals surface area contributed by atoms with Gasteiger partial charge in [0.15, 0.2) is 0 Å². The molecule has 0 bridgehead atoms. The summed E-state index contributed by atoms with van der Waals surface area (Å²) in [5.41, 5.74) is 2.13. The van der Waals surface area contributed by atoms with Gasteiger partial charge in [-0.1, -0.05) is 48.0 Å². The van der Waals surface area contributed by atoms with E-state index in [1.807, 2.05) is 49.4 Å². The molecule has 3 atom stereocenters. The first-order chi connectivity index (χ1) is 11.5. The van der Waals surface area contributed by atoms with Crippen LogP contribution < -0.4 is 0 Å². The smallest absolute Gasteiger partial charge is 0.0798 e. The molecule has 2 N–H and O–H groups in total. The fourth-order valence-corrected chi connectivity index (χ4v) is 3.42. The van der Waals surface area contributed by atoms with Gasteiger partial charge < -0.3 is 14.9 Å². The minimum absolute atomic E-state index is 0.110. The van der Waals surface area contributed by atoms with Crippen molar-refractivity contribution in [1.82, 2.24) is 0 Å². The lowest BCUT2D eigenvalue weighted by Gasteiger charge is -2.16. The maximum atomic E-state index is 12.2. The van der Waals surface area contributed by atoms with Crippen LogP contribution >= 0.6 is 0 Å². The van der Waals surface area contributed by atoms with Crippen LogP contribution in [0.4, 0.5) is 0 Å². The Bertz CT molecular complexity index is 628. The summed E-state index contributed by atoms with van der Waals surface area (Å²) in [6, 6.07) is 17.1. The standard InChI is InChI=1S/C19H24O4S/c1-15-7-9-19(10-8-15)24(22)14-18(21)11-17(20)13-23-12-16-5-3-2-4-6-16/h2-10,17-18,20-21H,11-14H2,1H3/t17-,18-,24?/m1/s1. The molecule has 130 valence electrons. The van der Waals surface area contributed by atoms with Crippen molar-refractivity contribution < 1.29 is 19.2 Å². The second kappa shape index (κ2) is 9.69. The third-order valence-corrected chi connectivity index (χ3v) is 5.08. The quantitative estimate of drug-likeness (QED) is 0.730. The Labute approximate surface area is 145 Å². The second-order valence-electron chi connectivity index (χ2n) is 5.87. The van der Waals surface area contributed by atoms with Crippen molar-refractivity contribution in [2.24, 2.45) is 0 Å². The predicted molar refractivity (Wildman–Crippen MR) is 95.2 cm³/mol. The van der Waals surface area contributed by atoms with Crippen LogP contribution in [0.3, 0.4) is 0 Å². The Morgan fingerprint density at radius 3 is 2.33 bits per heavy atom. The molecule has 24 heavy (non-hydrogen) atoms. The number of aliphatic hydroxyl groups excluding tert-OH is 2. The van der Waals surface area contributed by atoms with Crippen LogP contribution in [0.2, 0.25) is 0 Å². The number of benzene rings is 2. The number of ether oxygens (including phenoxy) is 1. The van der Waals surface area contributed by atoms with Gasteiger partial charge in [-0.3, -0.25) is 4.21 Å². The van der Waals surface area contributed by atoms with Crippen molar-refractivity contribution in [3.05, 3.63) is 65.7 Å². The van der Waals surface area contributed by atoms with E-state index in [9.17, 15) is 14.4 Å². The number of rotatable bonds is 9. The Morgan fingerprint density at radius 2 is 1.67 bits per heavy atom. The molecule has 0 amide bonds. The van der Waals surface area contributed by atoms with Crippen LogP contribution in [-0.4, -0.2) is 39.0 Å². The van der Waals surface area contributed by atoms with E-state index >= 15 is 0 Å². The zero-order valence-electron chi connectivity index (χ0n) is 13.8. The first-order valence-corrected chi connectivity index (χ1v) is 9.29. The lowest BCUT2D eigenvalue weighted by atomic mass is 10.2. The summed E-state index contributed by atoms with van der Waals surface area (Å²) in [6.45, 7) is 2.53. The fourth-order valence-electron chi connectivity index (χ4n) is 2.30. The molecule has 1 unspecified atom stereocenters. The molecule has 0 saturated carbocycles. The monoisotopic (exact) mass is 348 g/mol. The number of hydrogen-bond acceptors (Lipinski definition) is 4. The lowest BCUT2D eigenvalue weighted by Crippen LogP contribution is -2.26. The third-order valence-electron chi connectivity index (χ3n) is 3.59. The van der Waals surface area contributed by atoms with Crippen LogP contribution in [0, 0.1) is 6.92 Å². The molecule has 0 aliphatic heterocycles. The van der Waals surface area contributed by atoms with Gasteiger partial charge in [0.05, 0.1) is 42.0 Å². The van der Waals surface area contributed by atoms with Crippen molar-refractivity contribution in [2.45, 2.75) is 37.1 Å². The molecule has 0 heterocycles. The molecule has 2 rings (SSSR count). The van der Waals surface area contributed by atoms with Crippen LogP contribution in [-0.2, 0) is 22.1 Å². The summed E-state index contributed by atoms with van der Waals surface area (Å²) >= 11 is 0. The van der Waals surface area contributed by atoms with Crippen molar-refractivity contribution in [2.75, 3.05) is 12.4 Å². The zero-order valence-corrected chi connectivity index (χ0v) is 14.6. The van der Waals surface area contributed by atoms with Gasteiger partial charge in [-0.15, -0.1) is 0 Å². The van der Waals surface area contributed by atoms with Gasteiger partial charge in [0.2, 0.25) is 0 Å². The minimum Gasteiger partial charge on any atom is -0.392 e. The molecule has 0 spiro atoms. The van der Waals surface area contributed by atoms with Gasteiger partial charge in [0.1, 0.15) is 0 Å². The topological polar surface area (TPSA) is 66.8 Å². The average Bonchev–Trinajstić information content (AvgIpc) is 2.56. The van der Waals surface area contributed by atoms with E-state index in [1.165, 1.54) is 0 Å². The Hall–Kier alpha value is -1.53. The number of aliphatic hydroxyl groups is 2. The molecule has 2 aromatic rings. The van der Waals surface area contributed by atoms with Gasteiger partial charge in [0, 0.05) is 11.3 Å². The lowest BCUT2D eigenvalue weighted by molar-refractivity contribution is 0.00494. The van der Waals surface area contributed by atoms with Crippen LogP contribution in [0.1, 0.15) is 17.5 Å². The fraction of sp³-hybridized carbons (Fsp3) is 0.368. The molecule has 0 aliphatic rings. The van der Waals surface area contributed by atoms with Gasteiger partial charge in [-0.2, -0.15) is 0 Å². The summed E-state index contributed by atoms with van der Waals surface area (Å²) < 4.78 is 17.6. The van der Waals surface area contributed by atoms with E-state index in [0.29, 0.717) is 11.5 Å². The Kier molecular flexibility index (Phi) is 7.59. The van der Waals surface area contributed by atoms with E-state index < -0.39 is 23.0 Å². The van der Waals surface area contributed by atoms with Crippen LogP contribution in [0.25, 0.3) is 0 Å². The summed E-state index contributed by atoms with van der Waals surface area (Å²) in [6.07, 6.45) is -1.46. The summed E-state index contributed by atoms with van der Waals surface area (Å²) in [7, 11) is -1.28. The van der Waals surface area contributed by atoms with Crippen molar-refractivity contribution >= 4 is 10.8 Å². The molecule has 0 fully saturated rings. The molecule has 0 aliphatic carbocycles. The maximum absolute atomic E-state index is 12.2. The predicted octanol–water partition coefficient (Wildman–Crippen LogP) is 2.43. The molecule has 0 saturated heterocycles. The molecule has 0 radical (unpaired) electrons. The SMILES string of the molecule is Cc1ccc(S(=O)C[C@H](O)C[C@@H](O)COCc2ccccc2)cc1. The van der Waals surface area contributed by atoms with Gasteiger partial charge in [0.25, 0.3) is 0 Å². The second-order valence-corrected chi connectivity index (χ2v) is 7.37. The highest BCUT2D eigenvalue weighted by Crippen LogP contribution is 2.11. The molecule has 2 aromatic carbocycles. The maximum Gasteiger partial charge on any atom is 0.0798 e. The van der Waals surface area contributed by atoms with E-state index in [4.69, 9.17) is 4.74 Å². The molecular formula is C19H24O4S. The normalized spacial score (nSPS) is 15.0. The van der Waals surface area contributed by atoms with E-state index in [-0.39, 0.29) is 18.8 Å². The first-order valence-electron chi connectivity index (χ1n) is 7.97. The Balaban J connectivity index is 1.70. The van der Waals surface area contributed by atoms with E-state index in [2.05, 4.69) is 0 Å². The van der Waals surface area contributed by atoms with E-state index in [1.54, 1.807) is 12.1 Å². The molecular weight excluding hydrogens is 324 g/mol. The minimum atomic E-state index is -1.28. The number of hydrogen-bond donors (Lipinski definition) is 2. The number of aryl methyl sites for hydroxylation is 1. The Morgan fingerprint density at radius 1 is 1.00 bits per heavy atom. The first kappa shape index (κ1) is 18.8.